The van der Waals surface area contributed by atoms with Crippen molar-refractivity contribution < 1.29 is 24.2 Å². The number of aliphatic carboxylic acids is 1. The van der Waals surface area contributed by atoms with Gasteiger partial charge in [0.25, 0.3) is 0 Å². The maximum absolute atomic E-state index is 12.3. The number of carbonyl (C=O) groups is 3. The minimum Gasteiger partial charge on any atom is -0.481 e. The average molecular weight is 379 g/mol. The first-order valence-electron chi connectivity index (χ1n) is 10.7. The monoisotopic (exact) mass is 378 g/mol. The molecule has 0 spiro atoms. The van der Waals surface area contributed by atoms with E-state index in [9.17, 15) is 14.4 Å². The summed E-state index contributed by atoms with van der Waals surface area (Å²) in [4.78, 5) is 35.0. The molecule has 0 amide bonds. The van der Waals surface area contributed by atoms with E-state index in [-0.39, 0.29) is 42.0 Å². The van der Waals surface area contributed by atoms with Crippen molar-refractivity contribution in [3.63, 3.8) is 0 Å². The number of carboxylic acid groups (broad SMARTS) is 1. The number of allylic oxidation sites excluding steroid dienone is 2. The number of ether oxygens (including phenoxy) is 1. The first kappa shape index (κ1) is 21.6. The van der Waals surface area contributed by atoms with Crippen molar-refractivity contribution in [1.82, 2.24) is 0 Å². The molecular weight excluding hydrogens is 344 g/mol. The molecule has 1 N–H and O–H groups in total. The zero-order valence-electron chi connectivity index (χ0n) is 16.5. The number of unbranched alkanes of at least 4 members (excludes halogenated alkanes) is 7. The summed E-state index contributed by atoms with van der Waals surface area (Å²) in [6, 6.07) is 0. The van der Waals surface area contributed by atoms with Crippen LogP contribution in [-0.4, -0.2) is 23.0 Å². The quantitative estimate of drug-likeness (QED) is 0.214. The summed E-state index contributed by atoms with van der Waals surface area (Å²) >= 11 is 0. The molecule has 152 valence electrons. The Morgan fingerprint density at radius 2 is 1.33 bits per heavy atom. The molecule has 0 saturated carbocycles. The van der Waals surface area contributed by atoms with Crippen LogP contribution in [0.15, 0.2) is 12.2 Å². The van der Waals surface area contributed by atoms with Gasteiger partial charge in [0.15, 0.2) is 0 Å². The minimum atomic E-state index is -0.734. The third kappa shape index (κ3) is 6.47. The van der Waals surface area contributed by atoms with Gasteiger partial charge < -0.3 is 9.84 Å². The highest BCUT2D eigenvalue weighted by atomic mass is 16.6. The Hall–Kier alpha value is -1.65. The fraction of sp³-hybridized carbons (Fsp3) is 0.773. The molecule has 4 atom stereocenters. The standard InChI is InChI=1S/C22H34O5/c1-2-3-4-8-11-16-14-15-17(20-19(16)21(25)27-22(20)26)12-9-6-5-7-10-13-18(23)24/h14-17,19-20H,2-13H2,1H3,(H,23,24)/t16-,17-,19+,20+/m0/s1. The van der Waals surface area contributed by atoms with Gasteiger partial charge >= 0.3 is 17.9 Å². The van der Waals surface area contributed by atoms with Gasteiger partial charge in [0.2, 0.25) is 0 Å². The van der Waals surface area contributed by atoms with E-state index in [2.05, 4.69) is 19.1 Å². The van der Waals surface area contributed by atoms with Crippen LogP contribution in [0.4, 0.5) is 0 Å². The SMILES string of the molecule is CCCCCC[C@H]1C=C[C@H](CCCCCCCC(=O)O)[C@H]2C(=O)OC(=O)[C@@H]21. The van der Waals surface area contributed by atoms with Gasteiger partial charge in [-0.1, -0.05) is 70.4 Å². The lowest BCUT2D eigenvalue weighted by molar-refractivity contribution is -0.154. The maximum Gasteiger partial charge on any atom is 0.318 e. The molecule has 0 unspecified atom stereocenters. The van der Waals surface area contributed by atoms with E-state index in [1.807, 2.05) is 0 Å². The highest BCUT2D eigenvalue weighted by molar-refractivity contribution is 5.97. The second-order valence-electron chi connectivity index (χ2n) is 8.05. The molecule has 27 heavy (non-hydrogen) atoms. The van der Waals surface area contributed by atoms with E-state index in [0.717, 1.165) is 51.4 Å². The number of hydrogen-bond acceptors (Lipinski definition) is 4. The Balaban J connectivity index is 1.80. The molecule has 0 aromatic rings. The Morgan fingerprint density at radius 3 is 1.85 bits per heavy atom. The second kappa shape index (κ2) is 11.3. The summed E-state index contributed by atoms with van der Waals surface area (Å²) in [5.41, 5.74) is 0. The van der Waals surface area contributed by atoms with E-state index in [0.29, 0.717) is 0 Å². The third-order valence-corrected chi connectivity index (χ3v) is 5.98. The molecule has 0 aromatic carbocycles. The number of cyclic esters (lactones) is 2. The molecule has 1 heterocycles. The van der Waals surface area contributed by atoms with Crippen molar-refractivity contribution in [2.24, 2.45) is 23.7 Å². The molecule has 1 saturated heterocycles. The summed E-state index contributed by atoms with van der Waals surface area (Å²) in [7, 11) is 0. The van der Waals surface area contributed by atoms with Crippen molar-refractivity contribution in [2.75, 3.05) is 0 Å². The van der Waals surface area contributed by atoms with Crippen molar-refractivity contribution in [1.29, 1.82) is 0 Å². The lowest BCUT2D eigenvalue weighted by Gasteiger charge is -2.31. The molecule has 1 aliphatic heterocycles. The minimum absolute atomic E-state index is 0.0971. The van der Waals surface area contributed by atoms with E-state index in [1.165, 1.54) is 19.3 Å². The van der Waals surface area contributed by atoms with Crippen LogP contribution in [0.1, 0.15) is 84.0 Å². The molecule has 1 fully saturated rings. The molecule has 1 aliphatic carbocycles. The van der Waals surface area contributed by atoms with Crippen LogP contribution in [0.3, 0.4) is 0 Å². The van der Waals surface area contributed by atoms with Gasteiger partial charge in [0, 0.05) is 6.42 Å². The number of hydrogen-bond donors (Lipinski definition) is 1. The zero-order chi connectivity index (χ0) is 19.6. The van der Waals surface area contributed by atoms with Gasteiger partial charge in [0.05, 0.1) is 11.8 Å². The highest BCUT2D eigenvalue weighted by Gasteiger charge is 2.51. The topological polar surface area (TPSA) is 80.7 Å². The summed E-state index contributed by atoms with van der Waals surface area (Å²) in [6.07, 6.45) is 15.7. The fourth-order valence-corrected chi connectivity index (χ4v) is 4.48. The van der Waals surface area contributed by atoms with E-state index in [1.54, 1.807) is 0 Å². The Morgan fingerprint density at radius 1 is 0.852 bits per heavy atom. The van der Waals surface area contributed by atoms with Crippen LogP contribution < -0.4 is 0 Å². The van der Waals surface area contributed by atoms with Crippen molar-refractivity contribution >= 4 is 17.9 Å². The molecule has 0 bridgehead atoms. The van der Waals surface area contributed by atoms with Crippen molar-refractivity contribution in [3.8, 4) is 0 Å². The van der Waals surface area contributed by atoms with Crippen LogP contribution >= 0.6 is 0 Å². The Bertz CT molecular complexity index is 539. The predicted molar refractivity (Wildman–Crippen MR) is 103 cm³/mol. The van der Waals surface area contributed by atoms with Gasteiger partial charge in [-0.3, -0.25) is 14.4 Å². The highest BCUT2D eigenvalue weighted by Crippen LogP contribution is 2.44. The average Bonchev–Trinajstić information content (AvgIpc) is 2.94. The van der Waals surface area contributed by atoms with Crippen LogP contribution in [0, 0.1) is 23.7 Å². The van der Waals surface area contributed by atoms with E-state index in [4.69, 9.17) is 9.84 Å². The number of rotatable bonds is 13. The van der Waals surface area contributed by atoms with Crippen LogP contribution in [0.2, 0.25) is 0 Å². The molecule has 5 nitrogen and oxygen atoms in total. The maximum atomic E-state index is 12.3. The fourth-order valence-electron chi connectivity index (χ4n) is 4.48. The van der Waals surface area contributed by atoms with Crippen LogP contribution in [-0.2, 0) is 19.1 Å². The lowest BCUT2D eigenvalue weighted by Crippen LogP contribution is -2.33. The predicted octanol–water partition coefficient (Wildman–Crippen LogP) is 4.89. The summed E-state index contributed by atoms with van der Waals surface area (Å²) in [5.74, 6) is -1.75. The number of esters is 2. The van der Waals surface area contributed by atoms with Gasteiger partial charge in [0.1, 0.15) is 0 Å². The summed E-state index contributed by atoms with van der Waals surface area (Å²) in [5, 5.41) is 8.64. The molecule has 0 aromatic heterocycles. The van der Waals surface area contributed by atoms with E-state index >= 15 is 0 Å². The van der Waals surface area contributed by atoms with Gasteiger partial charge in [-0.05, 0) is 31.1 Å². The Labute approximate surface area is 162 Å². The largest absolute Gasteiger partial charge is 0.481 e. The van der Waals surface area contributed by atoms with E-state index < -0.39 is 5.97 Å². The normalized spacial score (nSPS) is 26.9. The van der Waals surface area contributed by atoms with Crippen molar-refractivity contribution in [3.05, 3.63) is 12.2 Å². The molecular formula is C22H34O5. The second-order valence-corrected chi connectivity index (χ2v) is 8.05. The first-order valence-corrected chi connectivity index (χ1v) is 10.7. The third-order valence-electron chi connectivity index (χ3n) is 5.98. The van der Waals surface area contributed by atoms with Crippen molar-refractivity contribution in [2.45, 2.75) is 84.0 Å². The first-order chi connectivity index (χ1) is 13.0. The molecule has 5 heteroatoms. The lowest BCUT2D eigenvalue weighted by atomic mass is 9.69. The van der Waals surface area contributed by atoms with Crippen LogP contribution in [0.25, 0.3) is 0 Å². The molecule has 2 rings (SSSR count). The zero-order valence-corrected chi connectivity index (χ0v) is 16.5. The smallest absolute Gasteiger partial charge is 0.318 e. The Kier molecular flexibility index (Phi) is 9.02. The molecule has 0 radical (unpaired) electrons. The number of carboxylic acids is 1. The van der Waals surface area contributed by atoms with Gasteiger partial charge in [-0.2, -0.15) is 0 Å². The van der Waals surface area contributed by atoms with Gasteiger partial charge in [-0.15, -0.1) is 0 Å². The van der Waals surface area contributed by atoms with Gasteiger partial charge in [-0.25, -0.2) is 0 Å². The summed E-state index contributed by atoms with van der Waals surface area (Å²) < 4.78 is 5.00. The molecule has 2 aliphatic rings. The number of fused-ring (bicyclic) bond motifs is 1. The van der Waals surface area contributed by atoms with Crippen LogP contribution in [0.5, 0.6) is 0 Å². The number of carbonyl (C=O) groups excluding carboxylic acids is 2. The summed E-state index contributed by atoms with van der Waals surface area (Å²) in [6.45, 7) is 2.18.